The van der Waals surface area contributed by atoms with Crippen LogP contribution in [-0.4, -0.2) is 34.0 Å². The lowest BCUT2D eigenvalue weighted by atomic mass is 9.65. The Balaban J connectivity index is 1.75. The molecule has 20 heavy (non-hydrogen) atoms. The van der Waals surface area contributed by atoms with Crippen LogP contribution in [0, 0.1) is 23.7 Å². The van der Waals surface area contributed by atoms with E-state index in [-0.39, 0.29) is 18.1 Å². The van der Waals surface area contributed by atoms with Crippen LogP contribution in [0.1, 0.15) is 52.4 Å². The van der Waals surface area contributed by atoms with Crippen LogP contribution in [0.4, 0.5) is 0 Å². The summed E-state index contributed by atoms with van der Waals surface area (Å²) in [6, 6.07) is 0. The third kappa shape index (κ3) is 2.48. The van der Waals surface area contributed by atoms with Crippen molar-refractivity contribution in [1.82, 2.24) is 0 Å². The molecular weight excluding hydrogens is 256 g/mol. The summed E-state index contributed by atoms with van der Waals surface area (Å²) in [5.74, 6) is -0.196. The molecule has 2 aliphatic carbocycles. The number of fused-ring (bicyclic) bond motifs is 1. The van der Waals surface area contributed by atoms with Gasteiger partial charge >= 0.3 is 5.97 Å². The zero-order valence-electron chi connectivity index (χ0n) is 12.4. The maximum atomic E-state index is 11.6. The van der Waals surface area contributed by atoms with Gasteiger partial charge in [-0.3, -0.25) is 4.79 Å². The molecule has 1 aliphatic heterocycles. The minimum Gasteiger partial charge on any atom is -0.481 e. The van der Waals surface area contributed by atoms with Gasteiger partial charge in [0.25, 0.3) is 0 Å². The summed E-state index contributed by atoms with van der Waals surface area (Å²) in [6.07, 6.45) is 5.71. The minimum absolute atomic E-state index is 0.0571. The summed E-state index contributed by atoms with van der Waals surface area (Å²) < 4.78 is 5.53. The molecule has 2 N–H and O–H groups in total. The van der Waals surface area contributed by atoms with E-state index in [2.05, 4.69) is 13.8 Å². The fourth-order valence-corrected chi connectivity index (χ4v) is 4.79. The molecule has 4 nitrogen and oxygen atoms in total. The first-order valence-electron chi connectivity index (χ1n) is 8.01. The molecule has 1 heterocycles. The standard InChI is InChI=1S/C16H26O4/c1-9-4-3-5-11(6-9)8-16(19)7-10(2)13-14(20-13)12(16)15(17)18/h9-14,19H,3-8H2,1-2H3,(H,17,18). The zero-order chi connectivity index (χ0) is 14.5. The van der Waals surface area contributed by atoms with Gasteiger partial charge in [0.1, 0.15) is 12.0 Å². The quantitative estimate of drug-likeness (QED) is 0.780. The highest BCUT2D eigenvalue weighted by Crippen LogP contribution is 2.52. The van der Waals surface area contributed by atoms with Crippen LogP contribution in [-0.2, 0) is 9.53 Å². The first-order chi connectivity index (χ1) is 9.40. The van der Waals surface area contributed by atoms with Crippen LogP contribution in [0.3, 0.4) is 0 Å². The van der Waals surface area contributed by atoms with E-state index in [1.165, 1.54) is 12.8 Å². The lowest BCUT2D eigenvalue weighted by molar-refractivity contribution is -0.159. The van der Waals surface area contributed by atoms with Crippen LogP contribution in [0.25, 0.3) is 0 Å². The fourth-order valence-electron chi connectivity index (χ4n) is 4.79. The van der Waals surface area contributed by atoms with Crippen molar-refractivity contribution in [1.29, 1.82) is 0 Å². The highest BCUT2D eigenvalue weighted by Gasteiger charge is 2.63. The third-order valence-corrected chi connectivity index (χ3v) is 5.66. The van der Waals surface area contributed by atoms with Crippen molar-refractivity contribution >= 4 is 5.97 Å². The highest BCUT2D eigenvalue weighted by atomic mass is 16.6. The van der Waals surface area contributed by atoms with Gasteiger partial charge in [-0.15, -0.1) is 0 Å². The Morgan fingerprint density at radius 2 is 2.05 bits per heavy atom. The van der Waals surface area contributed by atoms with E-state index in [1.807, 2.05) is 0 Å². The van der Waals surface area contributed by atoms with Crippen LogP contribution in [0.5, 0.6) is 0 Å². The number of epoxide rings is 1. The van der Waals surface area contributed by atoms with Gasteiger partial charge in [-0.25, -0.2) is 0 Å². The topological polar surface area (TPSA) is 70.1 Å². The molecule has 2 saturated carbocycles. The Kier molecular flexibility index (Phi) is 3.57. The number of aliphatic carboxylic acids is 1. The normalized spacial score (nSPS) is 51.4. The van der Waals surface area contributed by atoms with Gasteiger partial charge in [-0.1, -0.05) is 33.1 Å². The predicted molar refractivity (Wildman–Crippen MR) is 74.3 cm³/mol. The lowest BCUT2D eigenvalue weighted by Gasteiger charge is -2.41. The summed E-state index contributed by atoms with van der Waals surface area (Å²) in [6.45, 7) is 4.33. The van der Waals surface area contributed by atoms with Crippen molar-refractivity contribution in [2.75, 3.05) is 0 Å². The molecule has 0 bridgehead atoms. The number of carbonyl (C=O) groups is 1. The number of carboxylic acids is 1. The Bertz CT molecular complexity index is 396. The van der Waals surface area contributed by atoms with E-state index in [0.29, 0.717) is 24.7 Å². The van der Waals surface area contributed by atoms with E-state index in [9.17, 15) is 15.0 Å². The Labute approximate surface area is 120 Å². The molecule has 0 spiro atoms. The Morgan fingerprint density at radius 1 is 1.30 bits per heavy atom. The number of rotatable bonds is 3. The third-order valence-electron chi connectivity index (χ3n) is 5.66. The van der Waals surface area contributed by atoms with E-state index in [1.54, 1.807) is 0 Å². The smallest absolute Gasteiger partial charge is 0.312 e. The lowest BCUT2D eigenvalue weighted by Crippen LogP contribution is -2.52. The van der Waals surface area contributed by atoms with Crippen molar-refractivity contribution in [2.24, 2.45) is 23.7 Å². The van der Waals surface area contributed by atoms with Crippen LogP contribution in [0.15, 0.2) is 0 Å². The van der Waals surface area contributed by atoms with E-state index in [0.717, 1.165) is 12.8 Å². The van der Waals surface area contributed by atoms with Crippen molar-refractivity contribution in [3.63, 3.8) is 0 Å². The number of hydrogen-bond acceptors (Lipinski definition) is 3. The average Bonchev–Trinajstić information content (AvgIpc) is 3.07. The second kappa shape index (κ2) is 4.99. The second-order valence-electron chi connectivity index (χ2n) is 7.51. The van der Waals surface area contributed by atoms with Crippen molar-refractivity contribution < 1.29 is 19.7 Å². The predicted octanol–water partition coefficient (Wildman–Crippen LogP) is 2.44. The summed E-state index contributed by atoms with van der Waals surface area (Å²) in [5.41, 5.74) is -1.08. The van der Waals surface area contributed by atoms with Crippen LogP contribution in [0.2, 0.25) is 0 Å². The largest absolute Gasteiger partial charge is 0.481 e. The van der Waals surface area contributed by atoms with Crippen molar-refractivity contribution in [2.45, 2.75) is 70.2 Å². The molecule has 3 aliphatic rings. The average molecular weight is 282 g/mol. The number of carboxylic acid groups (broad SMARTS) is 1. The number of aliphatic hydroxyl groups is 1. The molecule has 7 atom stereocenters. The molecule has 3 rings (SSSR count). The van der Waals surface area contributed by atoms with Gasteiger partial charge in [0.15, 0.2) is 0 Å². The first-order valence-corrected chi connectivity index (χ1v) is 8.01. The zero-order valence-corrected chi connectivity index (χ0v) is 12.4. The Morgan fingerprint density at radius 3 is 2.70 bits per heavy atom. The fraction of sp³-hybridized carbons (Fsp3) is 0.938. The van der Waals surface area contributed by atoms with Gasteiger partial charge in [0, 0.05) is 0 Å². The minimum atomic E-state index is -1.08. The van der Waals surface area contributed by atoms with Crippen molar-refractivity contribution in [3.05, 3.63) is 0 Å². The molecule has 7 unspecified atom stereocenters. The highest BCUT2D eigenvalue weighted by molar-refractivity contribution is 5.73. The van der Waals surface area contributed by atoms with Gasteiger partial charge in [-0.2, -0.15) is 0 Å². The molecule has 4 heteroatoms. The summed E-state index contributed by atoms with van der Waals surface area (Å²) in [7, 11) is 0. The van der Waals surface area contributed by atoms with Crippen molar-refractivity contribution in [3.8, 4) is 0 Å². The monoisotopic (exact) mass is 282 g/mol. The second-order valence-corrected chi connectivity index (χ2v) is 7.51. The molecule has 0 aromatic rings. The SMILES string of the molecule is CC1CCCC(CC2(O)CC(C)C3OC3C2C(=O)O)C1. The molecule has 0 aromatic carbocycles. The van der Waals surface area contributed by atoms with Crippen LogP contribution >= 0.6 is 0 Å². The maximum Gasteiger partial charge on any atom is 0.312 e. The van der Waals surface area contributed by atoms with Gasteiger partial charge in [0.05, 0.1) is 11.7 Å². The number of hydrogen-bond donors (Lipinski definition) is 2. The van der Waals surface area contributed by atoms with Gasteiger partial charge < -0.3 is 14.9 Å². The first kappa shape index (κ1) is 14.3. The molecule has 3 fully saturated rings. The molecule has 1 saturated heterocycles. The van der Waals surface area contributed by atoms with E-state index in [4.69, 9.17) is 4.74 Å². The maximum absolute atomic E-state index is 11.6. The van der Waals surface area contributed by atoms with E-state index >= 15 is 0 Å². The molecule has 0 radical (unpaired) electrons. The molecule has 0 amide bonds. The van der Waals surface area contributed by atoms with E-state index < -0.39 is 17.5 Å². The van der Waals surface area contributed by atoms with Crippen LogP contribution < -0.4 is 0 Å². The summed E-state index contributed by atoms with van der Waals surface area (Å²) in [5, 5.41) is 20.5. The Hall–Kier alpha value is -0.610. The van der Waals surface area contributed by atoms with Gasteiger partial charge in [0.2, 0.25) is 0 Å². The van der Waals surface area contributed by atoms with Gasteiger partial charge in [-0.05, 0) is 37.0 Å². The molecular formula is C16H26O4. The summed E-state index contributed by atoms with van der Waals surface area (Å²) >= 11 is 0. The summed E-state index contributed by atoms with van der Waals surface area (Å²) in [4.78, 5) is 11.6. The molecule has 114 valence electrons. The molecule has 0 aromatic heterocycles. The number of ether oxygens (including phenoxy) is 1.